The summed E-state index contributed by atoms with van der Waals surface area (Å²) in [4.78, 5) is 18.6. The van der Waals surface area contributed by atoms with E-state index in [-0.39, 0.29) is 17.0 Å². The Balaban J connectivity index is 2.81. The van der Waals surface area contributed by atoms with Crippen LogP contribution in [0.5, 0.6) is 5.75 Å². The maximum Gasteiger partial charge on any atom is 0.270 e. The van der Waals surface area contributed by atoms with Crippen molar-refractivity contribution < 1.29 is 5.11 Å². The summed E-state index contributed by atoms with van der Waals surface area (Å²) in [5.74, 6) is 0.0621. The van der Waals surface area contributed by atoms with Crippen molar-refractivity contribution in [2.45, 2.75) is 5.16 Å². The molecule has 19 heavy (non-hydrogen) atoms. The van der Waals surface area contributed by atoms with Crippen LogP contribution in [0.1, 0.15) is 5.56 Å². The van der Waals surface area contributed by atoms with Gasteiger partial charge in [0.15, 0.2) is 5.16 Å². The fourth-order valence-electron chi connectivity index (χ4n) is 1.54. The van der Waals surface area contributed by atoms with Gasteiger partial charge in [0.05, 0.1) is 5.69 Å². The number of aromatic amines is 1. The average Bonchev–Trinajstić information content (AvgIpc) is 2.40. The topological polar surface area (TPSA) is 89.8 Å². The minimum atomic E-state index is -0.476. The molecule has 0 saturated carbocycles. The summed E-state index contributed by atoms with van der Waals surface area (Å²) in [5.41, 5.74) is 0.326. The minimum absolute atomic E-state index is 0.0543. The summed E-state index contributed by atoms with van der Waals surface area (Å²) >= 11 is 3.35. The third kappa shape index (κ3) is 2.74. The van der Waals surface area contributed by atoms with Crippen LogP contribution in [-0.2, 0) is 0 Å². The van der Waals surface area contributed by atoms with E-state index in [9.17, 15) is 9.90 Å². The second kappa shape index (κ2) is 5.63. The maximum atomic E-state index is 11.8. The average molecular weight is 385 g/mol. The Morgan fingerprint density at radius 3 is 2.89 bits per heavy atom. The molecular formula is C12H8IN3O2S. The van der Waals surface area contributed by atoms with Crippen molar-refractivity contribution in [3.05, 3.63) is 37.7 Å². The number of halogens is 1. The number of H-pyrrole nitrogens is 1. The highest BCUT2D eigenvalue weighted by atomic mass is 127. The van der Waals surface area contributed by atoms with Crippen molar-refractivity contribution in [1.29, 1.82) is 5.26 Å². The molecule has 5 nitrogen and oxygen atoms in total. The number of phenolic OH excluding ortho intramolecular Hbond substituents is 1. The van der Waals surface area contributed by atoms with E-state index in [1.54, 1.807) is 18.4 Å². The molecule has 0 fully saturated rings. The largest absolute Gasteiger partial charge is 0.508 e. The van der Waals surface area contributed by atoms with Gasteiger partial charge in [-0.05, 0) is 47.0 Å². The predicted octanol–water partition coefficient (Wildman–Crippen LogP) is 2.34. The van der Waals surface area contributed by atoms with Crippen LogP contribution >= 0.6 is 34.4 Å². The highest BCUT2D eigenvalue weighted by Gasteiger charge is 2.15. The zero-order valence-corrected chi connectivity index (χ0v) is 12.7. The van der Waals surface area contributed by atoms with Crippen LogP contribution in [-0.4, -0.2) is 21.3 Å². The number of nitrogens with zero attached hydrogens (tertiary/aromatic N) is 2. The summed E-state index contributed by atoms with van der Waals surface area (Å²) in [6, 6.07) is 6.60. The molecule has 1 aromatic carbocycles. The quantitative estimate of drug-likeness (QED) is 0.471. The van der Waals surface area contributed by atoms with Crippen molar-refractivity contribution >= 4 is 34.4 Å². The first kappa shape index (κ1) is 13.9. The fourth-order valence-corrected chi connectivity index (χ4v) is 2.51. The van der Waals surface area contributed by atoms with Gasteiger partial charge in [-0.1, -0.05) is 11.8 Å². The first-order chi connectivity index (χ1) is 9.06. The van der Waals surface area contributed by atoms with Crippen molar-refractivity contribution in [1.82, 2.24) is 9.97 Å². The van der Waals surface area contributed by atoms with E-state index in [1.807, 2.05) is 6.07 Å². The monoisotopic (exact) mass is 385 g/mol. The molecule has 0 atom stereocenters. The second-order valence-electron chi connectivity index (χ2n) is 3.57. The van der Waals surface area contributed by atoms with Crippen LogP contribution < -0.4 is 5.56 Å². The van der Waals surface area contributed by atoms with Crippen molar-refractivity contribution in [3.63, 3.8) is 0 Å². The lowest BCUT2D eigenvalue weighted by Gasteiger charge is -2.07. The number of nitrogens with one attached hydrogen (secondary N) is 1. The Hall–Kier alpha value is -1.53. The first-order valence-electron chi connectivity index (χ1n) is 5.14. The number of nitriles is 1. The van der Waals surface area contributed by atoms with E-state index in [1.165, 1.54) is 17.8 Å². The van der Waals surface area contributed by atoms with Gasteiger partial charge in [-0.3, -0.25) is 4.79 Å². The molecule has 0 aliphatic heterocycles. The molecule has 0 bridgehead atoms. The molecule has 1 heterocycles. The third-order valence-corrected chi connectivity index (χ3v) is 3.93. The molecule has 96 valence electrons. The first-order valence-corrected chi connectivity index (χ1v) is 7.44. The van der Waals surface area contributed by atoms with Crippen molar-refractivity contribution in [2.24, 2.45) is 0 Å². The molecule has 0 aliphatic carbocycles. The Kier molecular flexibility index (Phi) is 4.11. The summed E-state index contributed by atoms with van der Waals surface area (Å²) < 4.78 is 0.803. The zero-order chi connectivity index (χ0) is 14.0. The van der Waals surface area contributed by atoms with Gasteiger partial charge in [0.1, 0.15) is 17.4 Å². The Bertz CT molecular complexity index is 737. The van der Waals surface area contributed by atoms with E-state index >= 15 is 0 Å². The molecule has 7 heteroatoms. The number of phenols is 1. The van der Waals surface area contributed by atoms with Gasteiger partial charge in [0.25, 0.3) is 5.56 Å². The van der Waals surface area contributed by atoms with Crippen LogP contribution in [0.3, 0.4) is 0 Å². The van der Waals surface area contributed by atoms with E-state index in [4.69, 9.17) is 5.26 Å². The van der Waals surface area contributed by atoms with Crippen molar-refractivity contribution in [2.75, 3.05) is 6.26 Å². The van der Waals surface area contributed by atoms with Gasteiger partial charge < -0.3 is 10.1 Å². The second-order valence-corrected chi connectivity index (χ2v) is 5.53. The van der Waals surface area contributed by atoms with E-state index in [2.05, 4.69) is 32.6 Å². The Labute approximate surface area is 126 Å². The third-order valence-electron chi connectivity index (χ3n) is 2.41. The summed E-state index contributed by atoms with van der Waals surface area (Å²) in [5, 5.41) is 19.1. The standard InChI is InChI=1S/C12H8IN3O2S/c1-19-12-15-10(8(5-14)11(18)16-12)7-4-6(17)2-3-9(7)13/h2-4,17H,1H3,(H,15,16,18). The Morgan fingerprint density at radius 2 is 2.26 bits per heavy atom. The van der Waals surface area contributed by atoms with Crippen LogP contribution in [0.15, 0.2) is 28.2 Å². The van der Waals surface area contributed by atoms with Crippen LogP contribution in [0.2, 0.25) is 0 Å². The number of benzene rings is 1. The summed E-state index contributed by atoms with van der Waals surface area (Å²) in [7, 11) is 0. The van der Waals surface area contributed by atoms with E-state index < -0.39 is 5.56 Å². The van der Waals surface area contributed by atoms with Gasteiger partial charge in [-0.25, -0.2) is 4.98 Å². The molecule has 0 unspecified atom stereocenters. The SMILES string of the molecule is CSc1nc(-c2cc(O)ccc2I)c(C#N)c(=O)[nH]1. The van der Waals surface area contributed by atoms with Gasteiger partial charge >= 0.3 is 0 Å². The lowest BCUT2D eigenvalue weighted by molar-refractivity contribution is 0.475. The molecule has 2 N–H and O–H groups in total. The number of rotatable bonds is 2. The lowest BCUT2D eigenvalue weighted by Crippen LogP contribution is -2.14. The molecule has 0 amide bonds. The molecule has 2 aromatic rings. The number of hydrogen-bond acceptors (Lipinski definition) is 5. The maximum absolute atomic E-state index is 11.8. The number of hydrogen-bond donors (Lipinski definition) is 2. The predicted molar refractivity (Wildman–Crippen MR) is 81.2 cm³/mol. The molecule has 0 radical (unpaired) electrons. The van der Waals surface area contributed by atoms with Gasteiger partial charge in [-0.15, -0.1) is 0 Å². The number of thioether (sulfide) groups is 1. The molecular weight excluding hydrogens is 377 g/mol. The smallest absolute Gasteiger partial charge is 0.270 e. The number of aromatic hydroxyl groups is 1. The molecule has 0 aliphatic rings. The molecule has 1 aromatic heterocycles. The fraction of sp³-hybridized carbons (Fsp3) is 0.0833. The highest BCUT2D eigenvalue weighted by molar-refractivity contribution is 14.1. The molecule has 0 saturated heterocycles. The van der Waals surface area contributed by atoms with Crippen LogP contribution in [0.4, 0.5) is 0 Å². The van der Waals surface area contributed by atoms with Gasteiger partial charge in [0, 0.05) is 9.13 Å². The number of aromatic nitrogens is 2. The summed E-state index contributed by atoms with van der Waals surface area (Å²) in [6.07, 6.45) is 1.78. The van der Waals surface area contributed by atoms with Gasteiger partial charge in [0.2, 0.25) is 0 Å². The summed E-state index contributed by atoms with van der Waals surface area (Å²) in [6.45, 7) is 0. The van der Waals surface area contributed by atoms with Crippen LogP contribution in [0, 0.1) is 14.9 Å². The zero-order valence-electron chi connectivity index (χ0n) is 9.77. The normalized spacial score (nSPS) is 10.2. The Morgan fingerprint density at radius 1 is 1.53 bits per heavy atom. The lowest BCUT2D eigenvalue weighted by atomic mass is 10.1. The van der Waals surface area contributed by atoms with Crippen molar-refractivity contribution in [3.8, 4) is 23.1 Å². The molecule has 2 rings (SSSR count). The van der Waals surface area contributed by atoms with Gasteiger partial charge in [-0.2, -0.15) is 5.26 Å². The van der Waals surface area contributed by atoms with E-state index in [0.717, 1.165) is 3.57 Å². The molecule has 0 spiro atoms. The van der Waals surface area contributed by atoms with E-state index in [0.29, 0.717) is 10.7 Å². The minimum Gasteiger partial charge on any atom is -0.508 e. The van der Waals surface area contributed by atoms with Crippen LogP contribution in [0.25, 0.3) is 11.3 Å². The highest BCUT2D eigenvalue weighted by Crippen LogP contribution is 2.29.